The zero-order chi connectivity index (χ0) is 18.8. The van der Waals surface area contributed by atoms with Crippen LogP contribution in [0.25, 0.3) is 10.9 Å². The largest absolute Gasteiger partial charge is 0.359 e. The SMILES string of the molecule is CC(=O)Nc1ccc(Cl)c(NC(=O)c2c[nH]c3c(Cl)cccc3c2=O)c1. The van der Waals surface area contributed by atoms with E-state index in [1.807, 2.05) is 0 Å². The van der Waals surface area contributed by atoms with Gasteiger partial charge in [-0.3, -0.25) is 14.4 Å². The average Bonchev–Trinajstić information content (AvgIpc) is 2.58. The summed E-state index contributed by atoms with van der Waals surface area (Å²) in [4.78, 5) is 39.1. The Morgan fingerprint density at radius 2 is 1.81 bits per heavy atom. The minimum atomic E-state index is -0.630. The monoisotopic (exact) mass is 389 g/mol. The van der Waals surface area contributed by atoms with Gasteiger partial charge in [0, 0.05) is 24.2 Å². The molecule has 0 aliphatic carbocycles. The standard InChI is InChI=1S/C18H13Cl2N3O3/c1-9(24)22-10-5-6-13(19)15(7-10)23-18(26)12-8-21-16-11(17(12)25)3-2-4-14(16)20/h2-8H,1H3,(H,21,25)(H,22,24)(H,23,26). The fourth-order valence-electron chi connectivity index (χ4n) is 2.48. The summed E-state index contributed by atoms with van der Waals surface area (Å²) in [5, 5.41) is 6.15. The van der Waals surface area contributed by atoms with Crippen LogP contribution in [0.1, 0.15) is 17.3 Å². The van der Waals surface area contributed by atoms with Crippen LogP contribution in [0.3, 0.4) is 0 Å². The van der Waals surface area contributed by atoms with Crippen molar-refractivity contribution in [2.75, 3.05) is 10.6 Å². The summed E-state index contributed by atoms with van der Waals surface area (Å²) in [6.07, 6.45) is 1.30. The number of carbonyl (C=O) groups excluding carboxylic acids is 2. The molecule has 0 atom stereocenters. The van der Waals surface area contributed by atoms with E-state index < -0.39 is 11.3 Å². The van der Waals surface area contributed by atoms with E-state index in [4.69, 9.17) is 23.2 Å². The molecule has 26 heavy (non-hydrogen) atoms. The van der Waals surface area contributed by atoms with Crippen LogP contribution in [-0.4, -0.2) is 16.8 Å². The maximum atomic E-state index is 12.6. The fraction of sp³-hybridized carbons (Fsp3) is 0.0556. The van der Waals surface area contributed by atoms with Crippen LogP contribution in [0.5, 0.6) is 0 Å². The number of pyridine rings is 1. The summed E-state index contributed by atoms with van der Waals surface area (Å²) in [6.45, 7) is 1.37. The Morgan fingerprint density at radius 3 is 2.54 bits per heavy atom. The van der Waals surface area contributed by atoms with Crippen molar-refractivity contribution in [3.8, 4) is 0 Å². The lowest BCUT2D eigenvalue weighted by atomic mass is 10.1. The molecule has 0 aliphatic heterocycles. The summed E-state index contributed by atoms with van der Waals surface area (Å²) >= 11 is 12.1. The third-order valence-corrected chi connectivity index (χ3v) is 4.29. The molecule has 0 unspecified atom stereocenters. The Morgan fingerprint density at radius 1 is 1.04 bits per heavy atom. The van der Waals surface area contributed by atoms with E-state index >= 15 is 0 Å². The van der Waals surface area contributed by atoms with Gasteiger partial charge in [-0.15, -0.1) is 0 Å². The molecule has 0 radical (unpaired) electrons. The van der Waals surface area contributed by atoms with E-state index in [9.17, 15) is 14.4 Å². The first-order chi connectivity index (χ1) is 12.4. The second kappa shape index (κ2) is 7.19. The van der Waals surface area contributed by atoms with Crippen LogP contribution in [0, 0.1) is 0 Å². The van der Waals surface area contributed by atoms with E-state index in [-0.39, 0.29) is 22.2 Å². The van der Waals surface area contributed by atoms with E-state index in [0.717, 1.165) is 0 Å². The van der Waals surface area contributed by atoms with E-state index in [2.05, 4.69) is 15.6 Å². The fourth-order valence-corrected chi connectivity index (χ4v) is 2.87. The predicted molar refractivity (Wildman–Crippen MR) is 103 cm³/mol. The van der Waals surface area contributed by atoms with Gasteiger partial charge in [0.15, 0.2) is 0 Å². The first kappa shape index (κ1) is 18.0. The smallest absolute Gasteiger partial charge is 0.261 e. The molecule has 0 saturated carbocycles. The number of hydrogen-bond donors (Lipinski definition) is 3. The van der Waals surface area contributed by atoms with Gasteiger partial charge in [-0.2, -0.15) is 0 Å². The molecule has 1 aromatic heterocycles. The van der Waals surface area contributed by atoms with Gasteiger partial charge < -0.3 is 15.6 Å². The molecule has 6 nitrogen and oxygen atoms in total. The Balaban J connectivity index is 1.96. The summed E-state index contributed by atoms with van der Waals surface area (Å²) < 4.78 is 0. The maximum absolute atomic E-state index is 12.6. The molecule has 8 heteroatoms. The van der Waals surface area contributed by atoms with Crippen molar-refractivity contribution < 1.29 is 9.59 Å². The molecule has 0 bridgehead atoms. The number of aromatic nitrogens is 1. The van der Waals surface area contributed by atoms with Crippen molar-refractivity contribution in [1.29, 1.82) is 0 Å². The quantitative estimate of drug-likeness (QED) is 0.630. The number of fused-ring (bicyclic) bond motifs is 1. The number of amides is 2. The average molecular weight is 390 g/mol. The van der Waals surface area contributed by atoms with E-state index in [1.54, 1.807) is 24.3 Å². The highest BCUT2D eigenvalue weighted by Gasteiger charge is 2.15. The molecule has 0 spiro atoms. The first-order valence-corrected chi connectivity index (χ1v) is 8.31. The van der Waals surface area contributed by atoms with Crippen molar-refractivity contribution in [2.45, 2.75) is 6.92 Å². The minimum Gasteiger partial charge on any atom is -0.359 e. The first-order valence-electron chi connectivity index (χ1n) is 7.55. The molecule has 3 N–H and O–H groups in total. The number of nitrogens with one attached hydrogen (secondary N) is 3. The van der Waals surface area contributed by atoms with Gasteiger partial charge in [0.1, 0.15) is 5.56 Å². The lowest BCUT2D eigenvalue weighted by molar-refractivity contribution is -0.114. The van der Waals surface area contributed by atoms with E-state index in [0.29, 0.717) is 21.6 Å². The lowest BCUT2D eigenvalue weighted by Crippen LogP contribution is -2.22. The van der Waals surface area contributed by atoms with Gasteiger partial charge in [0.05, 0.1) is 21.2 Å². The highest BCUT2D eigenvalue weighted by molar-refractivity contribution is 6.35. The highest BCUT2D eigenvalue weighted by Crippen LogP contribution is 2.26. The molecule has 0 fully saturated rings. The molecular weight excluding hydrogens is 377 g/mol. The minimum absolute atomic E-state index is 0.0826. The molecule has 3 rings (SSSR count). The maximum Gasteiger partial charge on any atom is 0.261 e. The Bertz CT molecular complexity index is 1090. The Hall–Kier alpha value is -2.83. The number of benzene rings is 2. The molecular formula is C18H13Cl2N3O3. The third kappa shape index (κ3) is 3.56. The van der Waals surface area contributed by atoms with Gasteiger partial charge in [0.25, 0.3) is 5.91 Å². The van der Waals surface area contributed by atoms with Crippen molar-refractivity contribution in [3.63, 3.8) is 0 Å². The Labute approximate surface area is 158 Å². The molecule has 0 aliphatic rings. The summed E-state index contributed by atoms with van der Waals surface area (Å²) in [5.74, 6) is -0.887. The zero-order valence-electron chi connectivity index (χ0n) is 13.5. The number of hydrogen-bond acceptors (Lipinski definition) is 3. The number of carbonyl (C=O) groups is 2. The van der Waals surface area contributed by atoms with Gasteiger partial charge in [0.2, 0.25) is 11.3 Å². The number of halogens is 2. The van der Waals surface area contributed by atoms with Crippen LogP contribution in [-0.2, 0) is 4.79 Å². The van der Waals surface area contributed by atoms with Gasteiger partial charge in [-0.25, -0.2) is 0 Å². The third-order valence-electron chi connectivity index (χ3n) is 3.64. The molecule has 3 aromatic rings. The molecule has 2 aromatic carbocycles. The van der Waals surface area contributed by atoms with Crippen LogP contribution >= 0.6 is 23.2 Å². The van der Waals surface area contributed by atoms with Crippen LogP contribution in [0.15, 0.2) is 47.4 Å². The topological polar surface area (TPSA) is 91.1 Å². The number of H-pyrrole nitrogens is 1. The van der Waals surface area contributed by atoms with Crippen molar-refractivity contribution in [2.24, 2.45) is 0 Å². The molecule has 0 saturated heterocycles. The second-order valence-corrected chi connectivity index (χ2v) is 6.34. The number of para-hydroxylation sites is 1. The van der Waals surface area contributed by atoms with E-state index in [1.165, 1.54) is 25.3 Å². The molecule has 2 amide bonds. The number of anilines is 2. The summed E-state index contributed by atoms with van der Waals surface area (Å²) in [6, 6.07) is 9.51. The van der Waals surface area contributed by atoms with Gasteiger partial charge in [-0.05, 0) is 30.3 Å². The van der Waals surface area contributed by atoms with Crippen molar-refractivity contribution in [3.05, 3.63) is 68.4 Å². The number of rotatable bonds is 3. The molecule has 132 valence electrons. The second-order valence-electron chi connectivity index (χ2n) is 5.52. The summed E-state index contributed by atoms with van der Waals surface area (Å²) in [7, 11) is 0. The Kier molecular flexibility index (Phi) is 4.97. The van der Waals surface area contributed by atoms with Crippen molar-refractivity contribution in [1.82, 2.24) is 4.98 Å². The van der Waals surface area contributed by atoms with Crippen LogP contribution < -0.4 is 16.1 Å². The highest BCUT2D eigenvalue weighted by atomic mass is 35.5. The zero-order valence-corrected chi connectivity index (χ0v) is 15.0. The van der Waals surface area contributed by atoms with Crippen LogP contribution in [0.4, 0.5) is 11.4 Å². The van der Waals surface area contributed by atoms with Gasteiger partial charge in [-0.1, -0.05) is 29.3 Å². The number of aromatic amines is 1. The van der Waals surface area contributed by atoms with Crippen LogP contribution in [0.2, 0.25) is 10.0 Å². The molecule has 1 heterocycles. The predicted octanol–water partition coefficient (Wildman–Crippen LogP) is 4.05. The summed E-state index contributed by atoms with van der Waals surface area (Å²) in [5.41, 5.74) is 0.667. The van der Waals surface area contributed by atoms with Gasteiger partial charge >= 0.3 is 0 Å². The van der Waals surface area contributed by atoms with Crippen molar-refractivity contribution >= 4 is 57.3 Å². The normalized spacial score (nSPS) is 10.6. The lowest BCUT2D eigenvalue weighted by Gasteiger charge is -2.10.